The quantitative estimate of drug-likeness (QED) is 0.523. The summed E-state index contributed by atoms with van der Waals surface area (Å²) in [6.07, 6.45) is 0. The van der Waals surface area contributed by atoms with Crippen molar-refractivity contribution >= 4 is 34.8 Å². The minimum Gasteiger partial charge on any atom is -0.362 e. The molecule has 1 heterocycles. The number of nitro groups is 1. The lowest BCUT2D eigenvalue weighted by atomic mass is 10.0. The molecule has 1 saturated heterocycles. The van der Waals surface area contributed by atoms with Gasteiger partial charge in [-0.05, 0) is 42.3 Å². The number of anilines is 1. The zero-order valence-electron chi connectivity index (χ0n) is 17.8. The third kappa shape index (κ3) is 5.34. The highest BCUT2D eigenvalue weighted by molar-refractivity contribution is 6.30. The minimum absolute atomic E-state index is 0.0797. The SMILES string of the molecule is CC(C)C(NC(=O)c1ccc(F)cc1)C(=O)N1CCN(c2ccc(Cl)cc2[N+](=O)[O-])CC1. The van der Waals surface area contributed by atoms with Crippen LogP contribution in [0.4, 0.5) is 15.8 Å². The van der Waals surface area contributed by atoms with Crippen LogP contribution >= 0.6 is 11.6 Å². The van der Waals surface area contributed by atoms with E-state index in [1.165, 1.54) is 30.3 Å². The Balaban J connectivity index is 1.67. The number of hydrogen-bond donors (Lipinski definition) is 1. The number of amides is 2. The van der Waals surface area contributed by atoms with E-state index in [4.69, 9.17) is 11.6 Å². The van der Waals surface area contributed by atoms with Crippen molar-refractivity contribution in [1.29, 1.82) is 0 Å². The van der Waals surface area contributed by atoms with Gasteiger partial charge < -0.3 is 15.1 Å². The van der Waals surface area contributed by atoms with Crippen LogP contribution in [0, 0.1) is 21.8 Å². The number of carbonyl (C=O) groups is 2. The summed E-state index contributed by atoms with van der Waals surface area (Å²) in [6, 6.07) is 8.89. The van der Waals surface area contributed by atoms with Crippen LogP contribution in [0.1, 0.15) is 24.2 Å². The molecule has 1 fully saturated rings. The Morgan fingerprint density at radius 2 is 1.72 bits per heavy atom. The van der Waals surface area contributed by atoms with Crippen molar-refractivity contribution < 1.29 is 18.9 Å². The summed E-state index contributed by atoms with van der Waals surface area (Å²) in [5.41, 5.74) is 0.644. The Morgan fingerprint density at radius 1 is 1.09 bits per heavy atom. The highest BCUT2D eigenvalue weighted by atomic mass is 35.5. The van der Waals surface area contributed by atoms with E-state index in [0.29, 0.717) is 31.9 Å². The Bertz CT molecular complexity index is 1010. The normalized spacial score (nSPS) is 14.9. The van der Waals surface area contributed by atoms with Gasteiger partial charge in [-0.2, -0.15) is 0 Å². The zero-order valence-corrected chi connectivity index (χ0v) is 18.5. The summed E-state index contributed by atoms with van der Waals surface area (Å²) in [4.78, 5) is 40.1. The molecule has 2 aromatic rings. The molecule has 1 N–H and O–H groups in total. The Labute approximate surface area is 190 Å². The van der Waals surface area contributed by atoms with E-state index in [1.807, 2.05) is 18.7 Å². The number of hydrogen-bond acceptors (Lipinski definition) is 5. The van der Waals surface area contributed by atoms with Crippen molar-refractivity contribution in [3.8, 4) is 0 Å². The molecular weight excluding hydrogens is 439 g/mol. The number of rotatable bonds is 6. The molecule has 0 aromatic heterocycles. The first-order chi connectivity index (χ1) is 15.2. The van der Waals surface area contributed by atoms with Crippen LogP contribution in [0.5, 0.6) is 0 Å². The van der Waals surface area contributed by atoms with Gasteiger partial charge >= 0.3 is 0 Å². The molecule has 170 valence electrons. The molecule has 1 unspecified atom stereocenters. The molecule has 1 aliphatic rings. The first-order valence-corrected chi connectivity index (χ1v) is 10.6. The first-order valence-electron chi connectivity index (χ1n) is 10.2. The maximum Gasteiger partial charge on any atom is 0.294 e. The lowest BCUT2D eigenvalue weighted by Crippen LogP contribution is -2.56. The van der Waals surface area contributed by atoms with Crippen molar-refractivity contribution in [1.82, 2.24) is 10.2 Å². The van der Waals surface area contributed by atoms with E-state index in [-0.39, 0.29) is 28.1 Å². The molecule has 8 nitrogen and oxygen atoms in total. The highest BCUT2D eigenvalue weighted by Gasteiger charge is 2.32. The zero-order chi connectivity index (χ0) is 23.4. The van der Waals surface area contributed by atoms with Gasteiger partial charge in [0.25, 0.3) is 11.6 Å². The lowest BCUT2D eigenvalue weighted by molar-refractivity contribution is -0.384. The second-order valence-electron chi connectivity index (χ2n) is 7.90. The molecule has 32 heavy (non-hydrogen) atoms. The average molecular weight is 463 g/mol. The van der Waals surface area contributed by atoms with Crippen LogP contribution in [0.25, 0.3) is 0 Å². The molecule has 1 aliphatic heterocycles. The standard InChI is InChI=1S/C22H24ClFN4O4/c1-14(2)20(25-21(29)15-3-6-17(24)7-4-15)22(30)27-11-9-26(10-12-27)18-8-5-16(23)13-19(18)28(31)32/h3-8,13-14,20H,9-12H2,1-2H3,(H,25,29). The van der Waals surface area contributed by atoms with Crippen LogP contribution in [0.2, 0.25) is 5.02 Å². The summed E-state index contributed by atoms with van der Waals surface area (Å²) >= 11 is 5.89. The van der Waals surface area contributed by atoms with E-state index in [0.717, 1.165) is 0 Å². The molecule has 0 saturated carbocycles. The van der Waals surface area contributed by atoms with Crippen LogP contribution < -0.4 is 10.2 Å². The van der Waals surface area contributed by atoms with Crippen molar-refractivity contribution in [2.24, 2.45) is 5.92 Å². The molecule has 2 amide bonds. The second-order valence-corrected chi connectivity index (χ2v) is 8.34. The van der Waals surface area contributed by atoms with Gasteiger partial charge in [0.2, 0.25) is 5.91 Å². The van der Waals surface area contributed by atoms with Gasteiger partial charge in [-0.25, -0.2) is 4.39 Å². The van der Waals surface area contributed by atoms with Gasteiger partial charge in [0.15, 0.2) is 0 Å². The largest absolute Gasteiger partial charge is 0.362 e. The number of nitro benzene ring substituents is 1. The first kappa shape index (κ1) is 23.5. The van der Waals surface area contributed by atoms with Crippen LogP contribution in [0.15, 0.2) is 42.5 Å². The Kier molecular flexibility index (Phi) is 7.29. The van der Waals surface area contributed by atoms with Crippen LogP contribution in [0.3, 0.4) is 0 Å². The molecule has 0 aliphatic carbocycles. The van der Waals surface area contributed by atoms with E-state index < -0.39 is 22.7 Å². The molecular formula is C22H24ClFN4O4. The summed E-state index contributed by atoms with van der Waals surface area (Å²) in [6.45, 7) is 5.19. The summed E-state index contributed by atoms with van der Waals surface area (Å²) in [5, 5.41) is 14.4. The molecule has 0 spiro atoms. The third-order valence-corrected chi connectivity index (χ3v) is 5.63. The molecule has 1 atom stereocenters. The van der Waals surface area contributed by atoms with Gasteiger partial charge in [-0.1, -0.05) is 25.4 Å². The molecule has 0 bridgehead atoms. The lowest BCUT2D eigenvalue weighted by Gasteiger charge is -2.38. The summed E-state index contributed by atoms with van der Waals surface area (Å²) in [7, 11) is 0. The predicted molar refractivity (Wildman–Crippen MR) is 119 cm³/mol. The monoisotopic (exact) mass is 462 g/mol. The number of piperazine rings is 1. The molecule has 2 aromatic carbocycles. The van der Waals surface area contributed by atoms with E-state index in [9.17, 15) is 24.1 Å². The van der Waals surface area contributed by atoms with E-state index in [2.05, 4.69) is 5.32 Å². The van der Waals surface area contributed by atoms with Gasteiger partial charge in [0, 0.05) is 42.8 Å². The van der Waals surface area contributed by atoms with Gasteiger partial charge in [-0.3, -0.25) is 19.7 Å². The van der Waals surface area contributed by atoms with Crippen LogP contribution in [-0.2, 0) is 4.79 Å². The number of benzene rings is 2. The number of carbonyl (C=O) groups excluding carboxylic acids is 2. The van der Waals surface area contributed by atoms with Crippen molar-refractivity contribution in [3.05, 3.63) is 69.0 Å². The smallest absolute Gasteiger partial charge is 0.294 e. The Morgan fingerprint density at radius 3 is 2.28 bits per heavy atom. The number of halogens is 2. The number of nitrogens with zero attached hydrogens (tertiary/aromatic N) is 3. The van der Waals surface area contributed by atoms with E-state index >= 15 is 0 Å². The van der Waals surface area contributed by atoms with E-state index in [1.54, 1.807) is 17.0 Å². The fourth-order valence-electron chi connectivity index (χ4n) is 3.61. The van der Waals surface area contributed by atoms with Crippen molar-refractivity contribution in [2.75, 3.05) is 31.1 Å². The van der Waals surface area contributed by atoms with Crippen LogP contribution in [-0.4, -0.2) is 53.9 Å². The third-order valence-electron chi connectivity index (χ3n) is 5.39. The fraction of sp³-hybridized carbons (Fsp3) is 0.364. The maximum atomic E-state index is 13.1. The maximum absolute atomic E-state index is 13.1. The molecule has 0 radical (unpaired) electrons. The fourth-order valence-corrected chi connectivity index (χ4v) is 3.78. The topological polar surface area (TPSA) is 95.8 Å². The summed E-state index contributed by atoms with van der Waals surface area (Å²) < 4.78 is 13.1. The predicted octanol–water partition coefficient (Wildman–Crippen LogP) is 3.49. The molecule has 10 heteroatoms. The van der Waals surface area contributed by atoms with Gasteiger partial charge in [0.05, 0.1) is 4.92 Å². The van der Waals surface area contributed by atoms with Gasteiger partial charge in [-0.15, -0.1) is 0 Å². The number of nitrogens with one attached hydrogen (secondary N) is 1. The van der Waals surface area contributed by atoms with Crippen molar-refractivity contribution in [2.45, 2.75) is 19.9 Å². The molecule has 3 rings (SSSR count). The Hall–Kier alpha value is -3.20. The average Bonchev–Trinajstić information content (AvgIpc) is 2.77. The highest BCUT2D eigenvalue weighted by Crippen LogP contribution is 2.31. The minimum atomic E-state index is -0.746. The summed E-state index contributed by atoms with van der Waals surface area (Å²) in [5.74, 6) is -1.28. The van der Waals surface area contributed by atoms with Gasteiger partial charge in [0.1, 0.15) is 17.5 Å². The second kappa shape index (κ2) is 9.95. The van der Waals surface area contributed by atoms with Crippen molar-refractivity contribution in [3.63, 3.8) is 0 Å².